The third-order valence-electron chi connectivity index (χ3n) is 2.21. The standard InChI is InChI=1S/C10H15ClN4O2/c1-14-6-5-12-8(14)7-15(2)10(17)13-9(16)3-4-11/h5-6H,3-4,7H2,1-2H3,(H,13,16,17). The van der Waals surface area contributed by atoms with E-state index in [2.05, 4.69) is 10.3 Å². The van der Waals surface area contributed by atoms with E-state index in [0.717, 1.165) is 5.82 Å². The highest BCUT2D eigenvalue weighted by atomic mass is 35.5. The first-order valence-corrected chi connectivity index (χ1v) is 5.65. The molecule has 0 bridgehead atoms. The number of rotatable bonds is 4. The molecule has 0 aliphatic heterocycles. The van der Waals surface area contributed by atoms with Gasteiger partial charge in [0.1, 0.15) is 5.82 Å². The number of halogens is 1. The Labute approximate surface area is 105 Å². The number of alkyl halides is 1. The minimum absolute atomic E-state index is 0.129. The van der Waals surface area contributed by atoms with Crippen molar-refractivity contribution in [2.45, 2.75) is 13.0 Å². The van der Waals surface area contributed by atoms with Crippen molar-refractivity contribution in [3.8, 4) is 0 Å². The van der Waals surface area contributed by atoms with Gasteiger partial charge in [0.25, 0.3) is 0 Å². The lowest BCUT2D eigenvalue weighted by Gasteiger charge is -2.16. The van der Waals surface area contributed by atoms with Gasteiger partial charge in [-0.2, -0.15) is 0 Å². The summed E-state index contributed by atoms with van der Waals surface area (Å²) in [6.45, 7) is 0.337. The van der Waals surface area contributed by atoms with Gasteiger partial charge in [0.05, 0.1) is 6.54 Å². The molecule has 0 aliphatic rings. The lowest BCUT2D eigenvalue weighted by Crippen LogP contribution is -2.40. The van der Waals surface area contributed by atoms with Crippen molar-refractivity contribution in [2.75, 3.05) is 12.9 Å². The predicted molar refractivity (Wildman–Crippen MR) is 63.6 cm³/mol. The molecule has 1 N–H and O–H groups in total. The summed E-state index contributed by atoms with van der Waals surface area (Å²) in [7, 11) is 3.44. The number of carbonyl (C=O) groups excluding carboxylic acids is 2. The van der Waals surface area contributed by atoms with Crippen LogP contribution < -0.4 is 5.32 Å². The van der Waals surface area contributed by atoms with Gasteiger partial charge in [0, 0.05) is 38.8 Å². The lowest BCUT2D eigenvalue weighted by molar-refractivity contribution is -0.119. The van der Waals surface area contributed by atoms with Crippen LogP contribution in [-0.2, 0) is 18.4 Å². The summed E-state index contributed by atoms with van der Waals surface area (Å²) in [6.07, 6.45) is 3.57. The Kier molecular flexibility index (Phi) is 4.96. The van der Waals surface area contributed by atoms with E-state index in [1.54, 1.807) is 19.4 Å². The molecule has 0 radical (unpaired) electrons. The first-order chi connectivity index (χ1) is 8.04. The van der Waals surface area contributed by atoms with E-state index in [1.807, 2.05) is 11.6 Å². The summed E-state index contributed by atoms with van der Waals surface area (Å²) in [6, 6.07) is -0.455. The molecule has 0 atom stereocenters. The summed E-state index contributed by atoms with van der Waals surface area (Å²) >= 11 is 5.40. The lowest BCUT2D eigenvalue weighted by atomic mass is 10.4. The molecule has 3 amide bonds. The molecule has 0 aliphatic carbocycles. The molecule has 1 heterocycles. The number of nitrogens with one attached hydrogen (secondary N) is 1. The smallest absolute Gasteiger partial charge is 0.324 e. The fraction of sp³-hybridized carbons (Fsp3) is 0.500. The minimum Gasteiger partial charge on any atom is -0.337 e. The molecule has 0 fully saturated rings. The largest absolute Gasteiger partial charge is 0.337 e. The van der Waals surface area contributed by atoms with Crippen molar-refractivity contribution in [3.63, 3.8) is 0 Å². The fourth-order valence-electron chi connectivity index (χ4n) is 1.20. The van der Waals surface area contributed by atoms with Crippen LogP contribution in [0.5, 0.6) is 0 Å². The molecule has 1 aromatic rings. The van der Waals surface area contributed by atoms with Crippen molar-refractivity contribution >= 4 is 23.5 Å². The first-order valence-electron chi connectivity index (χ1n) is 5.11. The number of hydrogen-bond acceptors (Lipinski definition) is 3. The van der Waals surface area contributed by atoms with Crippen LogP contribution in [0.25, 0.3) is 0 Å². The quantitative estimate of drug-likeness (QED) is 0.809. The van der Waals surface area contributed by atoms with Gasteiger partial charge in [-0.25, -0.2) is 9.78 Å². The Morgan fingerprint density at radius 1 is 1.59 bits per heavy atom. The number of imide groups is 1. The number of hydrogen-bond donors (Lipinski definition) is 1. The van der Waals surface area contributed by atoms with E-state index in [0.29, 0.717) is 6.54 Å². The summed E-state index contributed by atoms with van der Waals surface area (Å²) in [4.78, 5) is 28.2. The van der Waals surface area contributed by atoms with Crippen molar-refractivity contribution in [1.82, 2.24) is 19.8 Å². The Bertz CT molecular complexity index is 405. The van der Waals surface area contributed by atoms with E-state index < -0.39 is 6.03 Å². The molecule has 94 valence electrons. The van der Waals surface area contributed by atoms with Crippen LogP contribution in [0.1, 0.15) is 12.2 Å². The summed E-state index contributed by atoms with van der Waals surface area (Å²) in [5, 5.41) is 2.24. The molecule has 1 rings (SSSR count). The van der Waals surface area contributed by atoms with E-state index in [1.165, 1.54) is 4.90 Å². The maximum absolute atomic E-state index is 11.6. The number of nitrogens with zero attached hydrogens (tertiary/aromatic N) is 3. The highest BCUT2D eigenvalue weighted by molar-refractivity contribution is 6.19. The molecule has 1 aromatic heterocycles. The third-order valence-corrected chi connectivity index (χ3v) is 2.40. The molecular weight excluding hydrogens is 244 g/mol. The number of urea groups is 1. The molecule has 0 saturated heterocycles. The number of amides is 3. The monoisotopic (exact) mass is 258 g/mol. The summed E-state index contributed by atoms with van der Waals surface area (Å²) < 4.78 is 1.81. The van der Waals surface area contributed by atoms with Crippen LogP contribution >= 0.6 is 11.6 Å². The fourth-order valence-corrected chi connectivity index (χ4v) is 1.37. The SMILES string of the molecule is CN(Cc1nccn1C)C(=O)NC(=O)CCCl. The number of carbonyl (C=O) groups is 2. The molecule has 0 aromatic carbocycles. The van der Waals surface area contributed by atoms with Gasteiger partial charge in [0.15, 0.2) is 0 Å². The Morgan fingerprint density at radius 3 is 2.82 bits per heavy atom. The van der Waals surface area contributed by atoms with Crippen molar-refractivity contribution in [2.24, 2.45) is 7.05 Å². The number of aryl methyl sites for hydroxylation is 1. The van der Waals surface area contributed by atoms with Gasteiger partial charge in [-0.3, -0.25) is 10.1 Å². The van der Waals surface area contributed by atoms with Crippen LogP contribution in [-0.4, -0.2) is 39.3 Å². The average molecular weight is 259 g/mol. The second kappa shape index (κ2) is 6.24. The molecule has 0 saturated carbocycles. The maximum atomic E-state index is 11.6. The Morgan fingerprint density at radius 2 is 2.29 bits per heavy atom. The van der Waals surface area contributed by atoms with Gasteiger partial charge in [0.2, 0.25) is 5.91 Å². The van der Waals surface area contributed by atoms with Gasteiger partial charge in [-0.15, -0.1) is 11.6 Å². The zero-order valence-corrected chi connectivity index (χ0v) is 10.6. The normalized spacial score (nSPS) is 10.1. The molecule has 7 heteroatoms. The zero-order valence-electron chi connectivity index (χ0n) is 9.81. The van der Waals surface area contributed by atoms with Gasteiger partial charge in [-0.1, -0.05) is 0 Å². The third kappa shape index (κ3) is 4.07. The van der Waals surface area contributed by atoms with Crippen LogP contribution in [0, 0.1) is 0 Å². The second-order valence-electron chi connectivity index (χ2n) is 3.60. The summed E-state index contributed by atoms with van der Waals surface area (Å²) in [5.74, 6) is 0.562. The summed E-state index contributed by atoms with van der Waals surface area (Å²) in [5.41, 5.74) is 0. The van der Waals surface area contributed by atoms with E-state index in [4.69, 9.17) is 11.6 Å². The van der Waals surface area contributed by atoms with Crippen LogP contribution in [0.3, 0.4) is 0 Å². The molecule has 17 heavy (non-hydrogen) atoms. The molecule has 0 spiro atoms. The van der Waals surface area contributed by atoms with Crippen LogP contribution in [0.2, 0.25) is 0 Å². The van der Waals surface area contributed by atoms with Gasteiger partial charge < -0.3 is 9.47 Å². The zero-order chi connectivity index (χ0) is 12.8. The molecule has 6 nitrogen and oxygen atoms in total. The maximum Gasteiger partial charge on any atom is 0.324 e. The van der Waals surface area contributed by atoms with E-state index in [-0.39, 0.29) is 18.2 Å². The highest BCUT2D eigenvalue weighted by Crippen LogP contribution is 1.99. The van der Waals surface area contributed by atoms with Crippen LogP contribution in [0.4, 0.5) is 4.79 Å². The van der Waals surface area contributed by atoms with Gasteiger partial charge >= 0.3 is 6.03 Å². The minimum atomic E-state index is -0.455. The Hall–Kier alpha value is -1.56. The number of aromatic nitrogens is 2. The topological polar surface area (TPSA) is 67.2 Å². The first kappa shape index (κ1) is 13.5. The van der Waals surface area contributed by atoms with Crippen molar-refractivity contribution < 1.29 is 9.59 Å². The van der Waals surface area contributed by atoms with Gasteiger partial charge in [-0.05, 0) is 0 Å². The predicted octanol–water partition coefficient (Wildman–Crippen LogP) is 0.717. The molecule has 0 unspecified atom stereocenters. The highest BCUT2D eigenvalue weighted by Gasteiger charge is 2.13. The van der Waals surface area contributed by atoms with Crippen LogP contribution in [0.15, 0.2) is 12.4 Å². The Balaban J connectivity index is 2.47. The second-order valence-corrected chi connectivity index (χ2v) is 3.98. The number of imidazole rings is 1. The van der Waals surface area contributed by atoms with E-state index >= 15 is 0 Å². The average Bonchev–Trinajstić information content (AvgIpc) is 2.64. The van der Waals surface area contributed by atoms with Crippen molar-refractivity contribution in [3.05, 3.63) is 18.2 Å². The van der Waals surface area contributed by atoms with E-state index in [9.17, 15) is 9.59 Å². The molecular formula is C10H15ClN4O2. The van der Waals surface area contributed by atoms with Crippen molar-refractivity contribution in [1.29, 1.82) is 0 Å².